The van der Waals surface area contributed by atoms with Crippen molar-refractivity contribution in [2.45, 2.75) is 25.7 Å². The highest BCUT2D eigenvalue weighted by molar-refractivity contribution is 9.10. The number of nitrogens with one attached hydrogen (secondary N) is 2. The first-order chi connectivity index (χ1) is 14.2. The van der Waals surface area contributed by atoms with Crippen LogP contribution in [0, 0.1) is 17.7 Å². The van der Waals surface area contributed by atoms with Gasteiger partial charge in [-0.3, -0.25) is 0 Å². The Balaban J connectivity index is 0.00000341. The summed E-state index contributed by atoms with van der Waals surface area (Å²) in [6, 6.07) is 4.27. The van der Waals surface area contributed by atoms with Gasteiger partial charge in [0.05, 0.1) is 10.2 Å². The van der Waals surface area contributed by atoms with Gasteiger partial charge in [-0.2, -0.15) is 8.42 Å². The molecule has 1 aromatic carbocycles. The first-order valence-corrected chi connectivity index (χ1v) is 11.7. The minimum Gasteiger partial charge on any atom is -0.412 e. The fourth-order valence-electron chi connectivity index (χ4n) is 3.47. The average molecular weight is 522 g/mol. The largest absolute Gasteiger partial charge is 0.412 e. The maximum absolute atomic E-state index is 13.4. The molecule has 31 heavy (non-hydrogen) atoms. The van der Waals surface area contributed by atoms with Gasteiger partial charge in [0.15, 0.2) is 11.5 Å². The number of rotatable bonds is 8. The fourth-order valence-corrected chi connectivity index (χ4v) is 4.30. The molecule has 0 saturated heterocycles. The number of halogens is 2. The molecule has 2 unspecified atom stereocenters. The summed E-state index contributed by atoms with van der Waals surface area (Å²) in [4.78, 5) is 4.24. The van der Waals surface area contributed by atoms with Crippen molar-refractivity contribution in [2.24, 2.45) is 27.7 Å². The predicted molar refractivity (Wildman–Crippen MR) is 117 cm³/mol. The maximum Gasteiger partial charge on any atom is 0.274 e. The molecule has 0 radical (unpaired) electrons. The third kappa shape index (κ3) is 7.50. The summed E-state index contributed by atoms with van der Waals surface area (Å²) in [5.74, 6) is 0.588. The molecular weight excluding hydrogens is 497 g/mol. The normalized spacial score (nSPS) is 19.6. The minimum absolute atomic E-state index is 0. The van der Waals surface area contributed by atoms with Gasteiger partial charge in [-0.25, -0.2) is 23.9 Å². The standard InChI is InChI=1S/C17H23BrFN7O3S.H2O/c18-13-7-12(4-5-14(13)19)24-16(20)15-17(26-29-25-15)22-8-10-2-1-3-11(6-10)9-23-30(21,27)28;/h4-5,7,10-11,23H,1-3,6,8-9H2,(H2,20,24)(H,22,26)(H2,21,27,28);1H2. The summed E-state index contributed by atoms with van der Waals surface area (Å²) >= 11 is 3.11. The van der Waals surface area contributed by atoms with Crippen molar-refractivity contribution in [1.82, 2.24) is 15.0 Å². The second-order valence-corrected chi connectivity index (χ2v) is 9.46. The number of nitrogens with zero attached hydrogens (tertiary/aromatic N) is 3. The Morgan fingerprint density at radius 2 is 2.00 bits per heavy atom. The van der Waals surface area contributed by atoms with Gasteiger partial charge in [0.25, 0.3) is 10.2 Å². The van der Waals surface area contributed by atoms with Crippen LogP contribution in [0.1, 0.15) is 31.4 Å². The second kappa shape index (κ2) is 10.9. The Morgan fingerprint density at radius 1 is 1.29 bits per heavy atom. The number of aliphatic imine (C=N–C) groups is 1. The zero-order valence-corrected chi connectivity index (χ0v) is 18.9. The third-order valence-electron chi connectivity index (χ3n) is 4.91. The van der Waals surface area contributed by atoms with Gasteiger partial charge >= 0.3 is 0 Å². The summed E-state index contributed by atoms with van der Waals surface area (Å²) in [6.07, 6.45) is 3.80. The number of anilines is 1. The highest BCUT2D eigenvalue weighted by atomic mass is 79.9. The van der Waals surface area contributed by atoms with Gasteiger partial charge in [-0.05, 0) is 75.5 Å². The van der Waals surface area contributed by atoms with E-state index < -0.39 is 16.0 Å². The molecule has 3 rings (SSSR count). The number of amidine groups is 1. The number of aromatic nitrogens is 2. The molecule has 0 aliphatic heterocycles. The van der Waals surface area contributed by atoms with Crippen molar-refractivity contribution in [3.05, 3.63) is 34.2 Å². The molecule has 1 fully saturated rings. The lowest BCUT2D eigenvalue weighted by atomic mass is 9.81. The summed E-state index contributed by atoms with van der Waals surface area (Å²) in [5.41, 5.74) is 6.75. The monoisotopic (exact) mass is 521 g/mol. The first kappa shape index (κ1) is 25.1. The zero-order valence-electron chi connectivity index (χ0n) is 16.5. The van der Waals surface area contributed by atoms with Crippen LogP contribution in [0.25, 0.3) is 0 Å². The molecule has 172 valence electrons. The highest BCUT2D eigenvalue weighted by Gasteiger charge is 2.24. The molecule has 1 saturated carbocycles. The van der Waals surface area contributed by atoms with Crippen LogP contribution >= 0.6 is 15.9 Å². The fraction of sp³-hybridized carbons (Fsp3) is 0.471. The van der Waals surface area contributed by atoms with Gasteiger partial charge in [0, 0.05) is 13.1 Å². The number of benzene rings is 1. The van der Waals surface area contributed by atoms with Crippen molar-refractivity contribution in [3.63, 3.8) is 0 Å². The lowest BCUT2D eigenvalue weighted by molar-refractivity contribution is 0.275. The van der Waals surface area contributed by atoms with Crippen LogP contribution in [-0.4, -0.2) is 43.1 Å². The number of hydrogen-bond acceptors (Lipinski definition) is 7. The van der Waals surface area contributed by atoms with E-state index in [4.69, 9.17) is 15.5 Å². The molecule has 14 heteroatoms. The topological polar surface area (TPSA) is 193 Å². The first-order valence-electron chi connectivity index (χ1n) is 9.34. The van der Waals surface area contributed by atoms with Gasteiger partial charge in [0.1, 0.15) is 5.82 Å². The zero-order chi connectivity index (χ0) is 21.7. The van der Waals surface area contributed by atoms with Crippen LogP contribution < -0.4 is 20.9 Å². The Kier molecular flexibility index (Phi) is 8.88. The molecule has 0 amide bonds. The summed E-state index contributed by atoms with van der Waals surface area (Å²) in [6.45, 7) is 0.932. The molecule has 2 aromatic rings. The Labute approximate surface area is 187 Å². The van der Waals surface area contributed by atoms with E-state index in [0.717, 1.165) is 25.7 Å². The predicted octanol–water partition coefficient (Wildman–Crippen LogP) is 1.19. The van der Waals surface area contributed by atoms with Gasteiger partial charge in [-0.1, -0.05) is 6.42 Å². The number of nitrogens with two attached hydrogens (primary N) is 2. The highest BCUT2D eigenvalue weighted by Crippen LogP contribution is 2.29. The van der Waals surface area contributed by atoms with Gasteiger partial charge in [0.2, 0.25) is 5.82 Å². The van der Waals surface area contributed by atoms with E-state index in [2.05, 4.69) is 41.3 Å². The molecule has 1 heterocycles. The molecule has 11 nitrogen and oxygen atoms in total. The Bertz CT molecular complexity index is 1020. The average Bonchev–Trinajstić information content (AvgIpc) is 3.16. The molecule has 0 bridgehead atoms. The van der Waals surface area contributed by atoms with E-state index in [9.17, 15) is 12.8 Å². The molecule has 2 atom stereocenters. The van der Waals surface area contributed by atoms with Crippen LogP contribution in [0.15, 0.2) is 32.3 Å². The van der Waals surface area contributed by atoms with Crippen LogP contribution in [0.2, 0.25) is 0 Å². The van der Waals surface area contributed by atoms with Crippen LogP contribution in [0.5, 0.6) is 0 Å². The lowest BCUT2D eigenvalue weighted by Gasteiger charge is -2.29. The summed E-state index contributed by atoms with van der Waals surface area (Å²) in [7, 11) is -3.68. The van der Waals surface area contributed by atoms with Crippen LogP contribution in [0.3, 0.4) is 0 Å². The van der Waals surface area contributed by atoms with Gasteiger partial charge < -0.3 is 16.5 Å². The molecule has 0 spiro atoms. The van der Waals surface area contributed by atoms with Crippen molar-refractivity contribution >= 4 is 43.5 Å². The second-order valence-electron chi connectivity index (χ2n) is 7.23. The molecule has 1 aromatic heterocycles. The van der Waals surface area contributed by atoms with Crippen LogP contribution in [0.4, 0.5) is 15.9 Å². The van der Waals surface area contributed by atoms with Crippen molar-refractivity contribution in [1.29, 1.82) is 0 Å². The summed E-state index contributed by atoms with van der Waals surface area (Å²) < 4.78 is 43.0. The lowest BCUT2D eigenvalue weighted by Crippen LogP contribution is -2.36. The Hall–Kier alpha value is -2.13. The van der Waals surface area contributed by atoms with E-state index in [1.807, 2.05) is 0 Å². The molecular formula is C17H25BrFN7O4S. The number of hydrogen-bond donors (Lipinski definition) is 4. The summed E-state index contributed by atoms with van der Waals surface area (Å²) in [5, 5.41) is 15.8. The molecule has 1 aliphatic rings. The van der Waals surface area contributed by atoms with E-state index in [0.29, 0.717) is 30.5 Å². The third-order valence-corrected chi connectivity index (χ3v) is 6.08. The van der Waals surface area contributed by atoms with E-state index in [1.165, 1.54) is 18.2 Å². The van der Waals surface area contributed by atoms with Crippen molar-refractivity contribution in [2.75, 3.05) is 18.4 Å². The molecule has 1 aliphatic carbocycles. The van der Waals surface area contributed by atoms with E-state index in [1.54, 1.807) is 0 Å². The minimum atomic E-state index is -3.68. The SMILES string of the molecule is NC(=Nc1ccc(F)c(Br)c1)c1nonc1NCC1CCCC(CNS(N)(=O)=O)C1.O. The Morgan fingerprint density at radius 3 is 2.68 bits per heavy atom. The smallest absolute Gasteiger partial charge is 0.274 e. The van der Waals surface area contributed by atoms with Gasteiger partial charge in [-0.15, -0.1) is 0 Å². The maximum atomic E-state index is 13.4. The quantitative estimate of drug-likeness (QED) is 0.295. The van der Waals surface area contributed by atoms with E-state index >= 15 is 0 Å². The molecule has 8 N–H and O–H groups in total. The van der Waals surface area contributed by atoms with E-state index in [-0.39, 0.29) is 27.4 Å². The van der Waals surface area contributed by atoms with Crippen molar-refractivity contribution < 1.29 is 22.9 Å². The van der Waals surface area contributed by atoms with Crippen molar-refractivity contribution in [3.8, 4) is 0 Å². The van der Waals surface area contributed by atoms with Crippen LogP contribution in [-0.2, 0) is 10.2 Å².